The van der Waals surface area contributed by atoms with Crippen LogP contribution in [0, 0.1) is 0 Å². The summed E-state index contributed by atoms with van der Waals surface area (Å²) in [7, 11) is 0. The number of benzene rings is 1. The molecule has 0 unspecified atom stereocenters. The Hall–Kier alpha value is -1.49. The maximum Gasteiger partial charge on any atom is 0.223 e. The number of rotatable bonds is 2. The van der Waals surface area contributed by atoms with E-state index in [0.717, 1.165) is 17.8 Å². The van der Waals surface area contributed by atoms with E-state index in [4.69, 9.17) is 23.2 Å². The minimum atomic E-state index is -0.348. The molecule has 0 amide bonds. The van der Waals surface area contributed by atoms with Crippen LogP contribution in [0.5, 0.6) is 5.75 Å². The van der Waals surface area contributed by atoms with E-state index in [9.17, 15) is 9.90 Å². The molecule has 1 aliphatic rings. The van der Waals surface area contributed by atoms with Crippen LogP contribution in [0.4, 0.5) is 0 Å². The SMILES string of the molecule is O=c1cc2n(cc1O)CCN(Cc1c(Cl)cccc1Cl)C2. The van der Waals surface area contributed by atoms with Gasteiger partial charge >= 0.3 is 0 Å². The number of aromatic nitrogens is 1. The Morgan fingerprint density at radius 1 is 1.19 bits per heavy atom. The first-order valence-electron chi connectivity index (χ1n) is 6.62. The lowest BCUT2D eigenvalue weighted by Crippen LogP contribution is -2.34. The van der Waals surface area contributed by atoms with Crippen LogP contribution in [-0.4, -0.2) is 21.1 Å². The van der Waals surface area contributed by atoms with Gasteiger partial charge in [-0.25, -0.2) is 0 Å². The normalized spacial score (nSPS) is 15.0. The van der Waals surface area contributed by atoms with E-state index < -0.39 is 0 Å². The Kier molecular flexibility index (Phi) is 3.93. The number of hydrogen-bond acceptors (Lipinski definition) is 3. The summed E-state index contributed by atoms with van der Waals surface area (Å²) in [5.74, 6) is -0.207. The Morgan fingerprint density at radius 2 is 1.90 bits per heavy atom. The fourth-order valence-corrected chi connectivity index (χ4v) is 3.06. The Bertz CT molecular complexity index is 723. The van der Waals surface area contributed by atoms with E-state index in [-0.39, 0.29) is 11.2 Å². The number of nitrogens with zero attached hydrogens (tertiary/aromatic N) is 2. The Balaban J connectivity index is 1.84. The van der Waals surface area contributed by atoms with Gasteiger partial charge in [0.05, 0.1) is 6.20 Å². The van der Waals surface area contributed by atoms with Crippen molar-refractivity contribution in [2.45, 2.75) is 19.6 Å². The summed E-state index contributed by atoms with van der Waals surface area (Å²) in [6, 6.07) is 6.95. The molecule has 6 heteroatoms. The zero-order valence-corrected chi connectivity index (χ0v) is 12.7. The maximum absolute atomic E-state index is 11.5. The van der Waals surface area contributed by atoms with Crippen molar-refractivity contribution in [3.8, 4) is 5.75 Å². The van der Waals surface area contributed by atoms with Crippen molar-refractivity contribution in [3.05, 3.63) is 62.0 Å². The third-order valence-electron chi connectivity index (χ3n) is 3.68. The van der Waals surface area contributed by atoms with Crippen molar-refractivity contribution in [2.24, 2.45) is 0 Å². The van der Waals surface area contributed by atoms with Gasteiger partial charge in [-0.3, -0.25) is 9.69 Å². The van der Waals surface area contributed by atoms with Gasteiger partial charge in [-0.2, -0.15) is 0 Å². The first-order chi connectivity index (χ1) is 10.0. The van der Waals surface area contributed by atoms with Crippen LogP contribution in [0.2, 0.25) is 10.0 Å². The average molecular weight is 325 g/mol. The molecule has 1 aromatic carbocycles. The third-order valence-corrected chi connectivity index (χ3v) is 4.39. The predicted octanol–water partition coefficient (Wildman–Crippen LogP) is 2.88. The highest BCUT2D eigenvalue weighted by atomic mass is 35.5. The minimum absolute atomic E-state index is 0.207. The van der Waals surface area contributed by atoms with E-state index in [2.05, 4.69) is 4.90 Å². The molecule has 2 heterocycles. The van der Waals surface area contributed by atoms with E-state index in [1.807, 2.05) is 22.8 Å². The molecule has 0 saturated carbocycles. The molecular weight excluding hydrogens is 311 g/mol. The van der Waals surface area contributed by atoms with Crippen LogP contribution in [0.3, 0.4) is 0 Å². The second kappa shape index (κ2) is 5.72. The van der Waals surface area contributed by atoms with Gasteiger partial charge in [-0.05, 0) is 12.1 Å². The molecular formula is C15H14Cl2N2O2. The fraction of sp³-hybridized carbons (Fsp3) is 0.267. The summed E-state index contributed by atoms with van der Waals surface area (Å²) in [6.07, 6.45) is 1.50. The Labute approximate surface area is 132 Å². The molecule has 0 fully saturated rings. The van der Waals surface area contributed by atoms with Gasteiger partial charge in [0.25, 0.3) is 0 Å². The van der Waals surface area contributed by atoms with Crippen LogP contribution in [0.25, 0.3) is 0 Å². The number of pyridine rings is 1. The molecule has 0 atom stereocenters. The van der Waals surface area contributed by atoms with E-state index in [1.54, 1.807) is 0 Å². The average Bonchev–Trinajstić information content (AvgIpc) is 2.44. The second-order valence-corrected chi connectivity index (χ2v) is 5.93. The van der Waals surface area contributed by atoms with E-state index in [1.165, 1.54) is 12.3 Å². The van der Waals surface area contributed by atoms with Crippen molar-refractivity contribution < 1.29 is 5.11 Å². The summed E-state index contributed by atoms with van der Waals surface area (Å²) >= 11 is 12.4. The molecule has 0 spiro atoms. The minimum Gasteiger partial charge on any atom is -0.503 e. The van der Waals surface area contributed by atoms with Crippen LogP contribution >= 0.6 is 23.2 Å². The first-order valence-corrected chi connectivity index (χ1v) is 7.38. The summed E-state index contributed by atoms with van der Waals surface area (Å²) < 4.78 is 1.90. The van der Waals surface area contributed by atoms with Gasteiger partial charge < -0.3 is 9.67 Å². The highest BCUT2D eigenvalue weighted by Gasteiger charge is 2.18. The zero-order chi connectivity index (χ0) is 15.0. The number of fused-ring (bicyclic) bond motifs is 1. The lowest BCUT2D eigenvalue weighted by Gasteiger charge is -2.30. The van der Waals surface area contributed by atoms with Gasteiger partial charge in [0.15, 0.2) is 5.75 Å². The largest absolute Gasteiger partial charge is 0.503 e. The number of aromatic hydroxyl groups is 1. The first kappa shape index (κ1) is 14.4. The van der Waals surface area contributed by atoms with Crippen LogP contribution < -0.4 is 5.43 Å². The molecule has 110 valence electrons. The molecule has 3 rings (SSSR count). The van der Waals surface area contributed by atoms with E-state index in [0.29, 0.717) is 29.7 Å². The summed E-state index contributed by atoms with van der Waals surface area (Å²) in [4.78, 5) is 13.7. The maximum atomic E-state index is 11.5. The Morgan fingerprint density at radius 3 is 2.62 bits per heavy atom. The molecule has 1 N–H and O–H groups in total. The molecule has 21 heavy (non-hydrogen) atoms. The second-order valence-electron chi connectivity index (χ2n) is 5.12. The molecule has 0 bridgehead atoms. The van der Waals surface area contributed by atoms with Gasteiger partial charge in [0, 0.05) is 53.5 Å². The van der Waals surface area contributed by atoms with Gasteiger partial charge in [-0.1, -0.05) is 29.3 Å². The van der Waals surface area contributed by atoms with Gasteiger partial charge in [-0.15, -0.1) is 0 Å². The van der Waals surface area contributed by atoms with Crippen molar-refractivity contribution >= 4 is 23.2 Å². The van der Waals surface area contributed by atoms with Crippen molar-refractivity contribution in [3.63, 3.8) is 0 Å². The highest BCUT2D eigenvalue weighted by Crippen LogP contribution is 2.27. The van der Waals surface area contributed by atoms with Gasteiger partial charge in [0.1, 0.15) is 0 Å². The quantitative estimate of drug-likeness (QED) is 0.923. The van der Waals surface area contributed by atoms with Crippen molar-refractivity contribution in [2.75, 3.05) is 6.54 Å². The lowest BCUT2D eigenvalue weighted by atomic mass is 10.1. The standard InChI is InChI=1S/C15H14Cl2N2O2/c16-12-2-1-3-13(17)11(12)8-18-4-5-19-9-15(21)14(20)6-10(19)7-18/h1-3,6,9,21H,4-5,7-8H2. The van der Waals surface area contributed by atoms with E-state index >= 15 is 0 Å². The number of hydrogen-bond donors (Lipinski definition) is 1. The lowest BCUT2D eigenvalue weighted by molar-refractivity contribution is 0.210. The van der Waals surface area contributed by atoms with Crippen LogP contribution in [-0.2, 0) is 19.6 Å². The molecule has 0 aliphatic carbocycles. The summed E-state index contributed by atoms with van der Waals surface area (Å²) in [5, 5.41) is 10.8. The zero-order valence-electron chi connectivity index (χ0n) is 11.2. The molecule has 1 aromatic heterocycles. The van der Waals surface area contributed by atoms with Crippen molar-refractivity contribution in [1.82, 2.24) is 9.47 Å². The summed E-state index contributed by atoms with van der Waals surface area (Å²) in [6.45, 7) is 2.77. The smallest absolute Gasteiger partial charge is 0.223 e. The molecule has 2 aromatic rings. The molecule has 1 aliphatic heterocycles. The molecule has 0 radical (unpaired) electrons. The predicted molar refractivity (Wildman–Crippen MR) is 82.9 cm³/mol. The summed E-state index contributed by atoms with van der Waals surface area (Å²) in [5.41, 5.74) is 1.43. The molecule has 0 saturated heterocycles. The van der Waals surface area contributed by atoms with Crippen LogP contribution in [0.1, 0.15) is 11.3 Å². The topological polar surface area (TPSA) is 45.5 Å². The molecule has 4 nitrogen and oxygen atoms in total. The third kappa shape index (κ3) is 2.93. The monoisotopic (exact) mass is 324 g/mol. The van der Waals surface area contributed by atoms with Crippen LogP contribution in [0.15, 0.2) is 35.3 Å². The van der Waals surface area contributed by atoms with Gasteiger partial charge in [0.2, 0.25) is 5.43 Å². The highest BCUT2D eigenvalue weighted by molar-refractivity contribution is 6.35. The van der Waals surface area contributed by atoms with Crippen molar-refractivity contribution in [1.29, 1.82) is 0 Å². The number of halogens is 2. The fourth-order valence-electron chi connectivity index (χ4n) is 2.55.